The normalized spacial score (nSPS) is 22.1. The Kier molecular flexibility index (Phi) is 4.48. The van der Waals surface area contributed by atoms with E-state index in [1.807, 2.05) is 0 Å². The molecule has 1 aromatic heterocycles. The average molecular weight is 361 g/mol. The molecule has 0 bridgehead atoms. The second-order valence-corrected chi connectivity index (χ2v) is 6.01. The third-order valence-corrected chi connectivity index (χ3v) is 4.39. The molecule has 1 atom stereocenters. The van der Waals surface area contributed by atoms with Gasteiger partial charge in [-0.15, -0.1) is 5.10 Å². The van der Waals surface area contributed by atoms with Gasteiger partial charge in [0.1, 0.15) is 0 Å². The number of halogens is 5. The van der Waals surface area contributed by atoms with Gasteiger partial charge >= 0.3 is 12.1 Å². The van der Waals surface area contributed by atoms with Gasteiger partial charge in [0, 0.05) is 0 Å². The van der Waals surface area contributed by atoms with Crippen molar-refractivity contribution < 1.29 is 22.0 Å². The smallest absolute Gasteiger partial charge is 0.299 e. The average Bonchev–Trinajstić information content (AvgIpc) is 3.04. The van der Waals surface area contributed by atoms with Crippen LogP contribution in [-0.4, -0.2) is 38.9 Å². The van der Waals surface area contributed by atoms with Crippen LogP contribution in [0, 0.1) is 0 Å². The number of piperidine rings is 1. The first-order valence-electron chi connectivity index (χ1n) is 7.78. The summed E-state index contributed by atoms with van der Waals surface area (Å²) in [7, 11) is 0. The maximum atomic E-state index is 14.5. The minimum absolute atomic E-state index is 0.000536. The van der Waals surface area contributed by atoms with Crippen LogP contribution < -0.4 is 5.32 Å². The SMILES string of the molecule is FC(F)(F)C(F)(F)C1(c2nnnn2Cc2ccccc2)CCCCN1. The Morgan fingerprint density at radius 1 is 1.08 bits per heavy atom. The number of nitrogens with one attached hydrogen (secondary N) is 1. The Bertz CT molecular complexity index is 707. The molecule has 2 heterocycles. The summed E-state index contributed by atoms with van der Waals surface area (Å²) in [4.78, 5) is 0. The molecule has 25 heavy (non-hydrogen) atoms. The predicted molar refractivity (Wildman–Crippen MR) is 77.9 cm³/mol. The van der Waals surface area contributed by atoms with Gasteiger partial charge in [-0.25, -0.2) is 4.68 Å². The number of hydrogen-bond acceptors (Lipinski definition) is 4. The van der Waals surface area contributed by atoms with Crippen LogP contribution in [0.5, 0.6) is 0 Å². The molecule has 0 radical (unpaired) electrons. The maximum Gasteiger partial charge on any atom is 0.455 e. The highest BCUT2D eigenvalue weighted by atomic mass is 19.4. The van der Waals surface area contributed by atoms with Crippen LogP contribution >= 0.6 is 0 Å². The van der Waals surface area contributed by atoms with Crippen molar-refractivity contribution >= 4 is 0 Å². The van der Waals surface area contributed by atoms with Gasteiger partial charge in [-0.3, -0.25) is 5.32 Å². The van der Waals surface area contributed by atoms with Crippen LogP contribution in [-0.2, 0) is 12.1 Å². The minimum atomic E-state index is -5.72. The molecule has 1 aliphatic heterocycles. The standard InChI is InChI=1S/C15H16F5N5/c16-14(17,15(18,19)20)13(8-4-5-9-21-13)12-22-23-24-25(12)10-11-6-2-1-3-7-11/h1-3,6-7,21H,4-5,8-10H2. The fourth-order valence-electron chi connectivity index (χ4n) is 3.12. The zero-order valence-corrected chi connectivity index (χ0v) is 13.1. The predicted octanol–water partition coefficient (Wildman–Crippen LogP) is 2.89. The lowest BCUT2D eigenvalue weighted by Crippen LogP contribution is -2.64. The molecule has 1 saturated heterocycles. The molecule has 3 rings (SSSR count). The molecule has 0 spiro atoms. The Morgan fingerprint density at radius 3 is 2.40 bits per heavy atom. The molecule has 5 nitrogen and oxygen atoms in total. The Hall–Kier alpha value is -2.10. The van der Waals surface area contributed by atoms with Crippen molar-refractivity contribution in [2.45, 2.75) is 43.4 Å². The third-order valence-electron chi connectivity index (χ3n) is 4.39. The van der Waals surface area contributed by atoms with Crippen molar-refractivity contribution in [1.82, 2.24) is 25.5 Å². The van der Waals surface area contributed by atoms with E-state index in [1.54, 1.807) is 30.3 Å². The van der Waals surface area contributed by atoms with E-state index in [-0.39, 0.29) is 19.5 Å². The van der Waals surface area contributed by atoms with Crippen LogP contribution in [0.3, 0.4) is 0 Å². The number of nitrogens with zero attached hydrogens (tertiary/aromatic N) is 4. The first kappa shape index (κ1) is 17.7. The molecule has 0 amide bonds. The minimum Gasteiger partial charge on any atom is -0.299 e. The third kappa shape index (κ3) is 2.99. The summed E-state index contributed by atoms with van der Waals surface area (Å²) in [5.41, 5.74) is -1.99. The van der Waals surface area contributed by atoms with E-state index in [0.29, 0.717) is 12.0 Å². The van der Waals surface area contributed by atoms with E-state index in [0.717, 1.165) is 4.68 Å². The number of benzene rings is 1. The lowest BCUT2D eigenvalue weighted by Gasteiger charge is -2.42. The molecule has 1 aliphatic rings. The van der Waals surface area contributed by atoms with Crippen molar-refractivity contribution in [2.24, 2.45) is 0 Å². The monoisotopic (exact) mass is 361 g/mol. The van der Waals surface area contributed by atoms with E-state index in [9.17, 15) is 22.0 Å². The summed E-state index contributed by atoms with van der Waals surface area (Å²) < 4.78 is 69.4. The first-order valence-corrected chi connectivity index (χ1v) is 7.78. The molecule has 1 unspecified atom stereocenters. The second-order valence-electron chi connectivity index (χ2n) is 6.01. The van der Waals surface area contributed by atoms with Gasteiger partial charge in [-0.05, 0) is 41.8 Å². The van der Waals surface area contributed by atoms with Gasteiger partial charge in [0.05, 0.1) is 6.54 Å². The van der Waals surface area contributed by atoms with Crippen LogP contribution in [0.1, 0.15) is 30.7 Å². The highest BCUT2D eigenvalue weighted by molar-refractivity contribution is 5.19. The zero-order chi connectivity index (χ0) is 18.1. The highest BCUT2D eigenvalue weighted by Gasteiger charge is 2.72. The molecule has 0 saturated carbocycles. The number of aromatic nitrogens is 4. The summed E-state index contributed by atoms with van der Waals surface area (Å²) >= 11 is 0. The van der Waals surface area contributed by atoms with Crippen molar-refractivity contribution in [2.75, 3.05) is 6.54 Å². The largest absolute Gasteiger partial charge is 0.455 e. The zero-order valence-electron chi connectivity index (χ0n) is 13.1. The van der Waals surface area contributed by atoms with Crippen molar-refractivity contribution in [3.8, 4) is 0 Å². The van der Waals surface area contributed by atoms with Gasteiger partial charge in [-0.1, -0.05) is 30.3 Å². The molecule has 136 valence electrons. The van der Waals surface area contributed by atoms with E-state index in [1.165, 1.54) is 0 Å². The van der Waals surface area contributed by atoms with Crippen molar-refractivity contribution in [1.29, 1.82) is 0 Å². The lowest BCUT2D eigenvalue weighted by atomic mass is 9.81. The molecule has 1 fully saturated rings. The second kappa shape index (κ2) is 6.32. The van der Waals surface area contributed by atoms with Gasteiger partial charge in [-0.2, -0.15) is 22.0 Å². The van der Waals surface area contributed by atoms with Crippen molar-refractivity contribution in [3.05, 3.63) is 41.7 Å². The fraction of sp³-hybridized carbons (Fsp3) is 0.533. The summed E-state index contributed by atoms with van der Waals surface area (Å²) in [5, 5.41) is 12.9. The molecular formula is C15H16F5N5. The van der Waals surface area contributed by atoms with Gasteiger partial charge in [0.2, 0.25) is 0 Å². The molecule has 1 N–H and O–H groups in total. The summed E-state index contributed by atoms with van der Waals surface area (Å²) in [6, 6.07) is 8.67. The molecule has 0 aliphatic carbocycles. The number of rotatable bonds is 4. The summed E-state index contributed by atoms with van der Waals surface area (Å²) in [6.07, 6.45) is -5.40. The number of alkyl halides is 5. The first-order chi connectivity index (χ1) is 11.8. The topological polar surface area (TPSA) is 55.6 Å². The van der Waals surface area contributed by atoms with E-state index in [2.05, 4.69) is 20.8 Å². The summed E-state index contributed by atoms with van der Waals surface area (Å²) in [5.74, 6) is -5.51. The Balaban J connectivity index is 2.06. The molecule has 1 aromatic carbocycles. The Labute approximate surface area is 140 Å². The van der Waals surface area contributed by atoms with E-state index < -0.39 is 29.9 Å². The number of tetrazole rings is 1. The van der Waals surface area contributed by atoms with Gasteiger partial charge in [0.25, 0.3) is 0 Å². The van der Waals surface area contributed by atoms with Gasteiger partial charge < -0.3 is 0 Å². The highest BCUT2D eigenvalue weighted by Crippen LogP contribution is 2.51. The van der Waals surface area contributed by atoms with Crippen LogP contribution in [0.4, 0.5) is 22.0 Å². The molecular weight excluding hydrogens is 345 g/mol. The van der Waals surface area contributed by atoms with Gasteiger partial charge in [0.15, 0.2) is 11.4 Å². The van der Waals surface area contributed by atoms with Crippen molar-refractivity contribution in [3.63, 3.8) is 0 Å². The molecule has 2 aromatic rings. The Morgan fingerprint density at radius 2 is 1.80 bits per heavy atom. The summed E-state index contributed by atoms with van der Waals surface area (Å²) in [6.45, 7) is 0.0322. The van der Waals surface area contributed by atoms with Crippen LogP contribution in [0.2, 0.25) is 0 Å². The van der Waals surface area contributed by atoms with Crippen LogP contribution in [0.15, 0.2) is 30.3 Å². The maximum absolute atomic E-state index is 14.5. The fourth-order valence-corrected chi connectivity index (χ4v) is 3.12. The quantitative estimate of drug-likeness (QED) is 0.851. The number of hydrogen-bond donors (Lipinski definition) is 1. The molecule has 10 heteroatoms. The van der Waals surface area contributed by atoms with Crippen LogP contribution in [0.25, 0.3) is 0 Å². The van der Waals surface area contributed by atoms with E-state index in [4.69, 9.17) is 0 Å². The lowest BCUT2D eigenvalue weighted by molar-refractivity contribution is -0.319. The van der Waals surface area contributed by atoms with E-state index >= 15 is 0 Å².